The van der Waals surface area contributed by atoms with Crippen LogP contribution >= 0.6 is 0 Å². The molecule has 4 nitrogen and oxygen atoms in total. The van der Waals surface area contributed by atoms with Gasteiger partial charge in [0, 0.05) is 11.8 Å². The van der Waals surface area contributed by atoms with Crippen LogP contribution in [0.15, 0.2) is 35.2 Å². The number of rotatable bonds is 8. The van der Waals surface area contributed by atoms with Gasteiger partial charge in [-0.25, -0.2) is 8.42 Å². The maximum Gasteiger partial charge on any atom is 0.178 e. The highest BCUT2D eigenvalue weighted by Gasteiger charge is 2.62. The summed E-state index contributed by atoms with van der Waals surface area (Å²) in [5.74, 6) is -0.382. The molecule has 5 heteroatoms. The second-order valence-corrected chi connectivity index (χ2v) is 8.82. The van der Waals surface area contributed by atoms with Gasteiger partial charge in [-0.2, -0.15) is 0 Å². The van der Waals surface area contributed by atoms with Crippen LogP contribution in [-0.2, 0) is 19.3 Å². The van der Waals surface area contributed by atoms with Crippen molar-refractivity contribution in [3.8, 4) is 0 Å². The second kappa shape index (κ2) is 6.54. The molecule has 1 saturated carbocycles. The molecule has 1 aliphatic carbocycles. The number of sulfone groups is 1. The smallest absolute Gasteiger partial charge is 0.178 e. The predicted octanol–water partition coefficient (Wildman–Crippen LogP) is 3.56. The maximum atomic E-state index is 12.6. The average molecular weight is 338 g/mol. The van der Waals surface area contributed by atoms with Crippen LogP contribution in [0.1, 0.15) is 45.4 Å². The first-order valence-electron chi connectivity index (χ1n) is 8.59. The molecule has 23 heavy (non-hydrogen) atoms. The van der Waals surface area contributed by atoms with E-state index in [4.69, 9.17) is 9.47 Å². The topological polar surface area (TPSA) is 52.6 Å². The molecule has 128 valence electrons. The summed E-state index contributed by atoms with van der Waals surface area (Å²) in [6, 6.07) is 8.72. The molecule has 0 amide bonds. The fourth-order valence-corrected chi connectivity index (χ4v) is 5.09. The summed E-state index contributed by atoms with van der Waals surface area (Å²) in [6.45, 7) is 3.40. The molecular formula is C18H26O4S. The lowest BCUT2D eigenvalue weighted by Crippen LogP contribution is -2.42. The van der Waals surface area contributed by atoms with E-state index in [0.717, 1.165) is 32.1 Å². The number of benzene rings is 1. The summed E-state index contributed by atoms with van der Waals surface area (Å²) in [7, 11) is -3.24. The van der Waals surface area contributed by atoms with E-state index in [0.29, 0.717) is 24.5 Å². The minimum atomic E-state index is -3.24. The summed E-state index contributed by atoms with van der Waals surface area (Å²) in [6.07, 6.45) is 5.63. The van der Waals surface area contributed by atoms with Gasteiger partial charge in [0.05, 0.1) is 23.9 Å². The van der Waals surface area contributed by atoms with E-state index < -0.39 is 15.6 Å². The molecule has 0 radical (unpaired) electrons. The Morgan fingerprint density at radius 3 is 2.26 bits per heavy atom. The fourth-order valence-electron chi connectivity index (χ4n) is 3.63. The zero-order valence-electron chi connectivity index (χ0n) is 13.8. The van der Waals surface area contributed by atoms with Gasteiger partial charge in [-0.15, -0.1) is 0 Å². The third-order valence-corrected chi connectivity index (χ3v) is 6.96. The third-order valence-electron chi connectivity index (χ3n) is 5.23. The SMILES string of the molecule is CCCCC1(C2(CCS(=O)(=O)c3ccccc3)CC2)OCCO1. The molecule has 2 aliphatic rings. The van der Waals surface area contributed by atoms with Gasteiger partial charge in [-0.1, -0.05) is 31.5 Å². The molecular weight excluding hydrogens is 312 g/mol. The molecule has 0 unspecified atom stereocenters. The van der Waals surface area contributed by atoms with Gasteiger partial charge in [0.25, 0.3) is 0 Å². The van der Waals surface area contributed by atoms with E-state index >= 15 is 0 Å². The van der Waals surface area contributed by atoms with Crippen LogP contribution in [0, 0.1) is 5.41 Å². The van der Waals surface area contributed by atoms with Gasteiger partial charge in [0.2, 0.25) is 0 Å². The van der Waals surface area contributed by atoms with Crippen LogP contribution in [0.3, 0.4) is 0 Å². The van der Waals surface area contributed by atoms with Crippen LogP contribution in [0.5, 0.6) is 0 Å². The van der Waals surface area contributed by atoms with Gasteiger partial charge >= 0.3 is 0 Å². The first kappa shape index (κ1) is 16.9. The van der Waals surface area contributed by atoms with Gasteiger partial charge in [0.15, 0.2) is 15.6 Å². The Morgan fingerprint density at radius 1 is 1.04 bits per heavy atom. The molecule has 0 N–H and O–H groups in total. The summed E-state index contributed by atoms with van der Waals surface area (Å²) in [4.78, 5) is 0.409. The first-order valence-corrected chi connectivity index (χ1v) is 10.2. The zero-order valence-corrected chi connectivity index (χ0v) is 14.6. The lowest BCUT2D eigenvalue weighted by atomic mass is 9.88. The molecule has 0 aromatic heterocycles. The van der Waals surface area contributed by atoms with Crippen molar-refractivity contribution < 1.29 is 17.9 Å². The highest BCUT2D eigenvalue weighted by atomic mass is 32.2. The van der Waals surface area contributed by atoms with E-state index in [1.54, 1.807) is 24.3 Å². The second-order valence-electron chi connectivity index (χ2n) is 6.72. The Kier molecular flexibility index (Phi) is 4.81. The Labute approximate surface area is 139 Å². The number of unbranched alkanes of at least 4 members (excludes halogenated alkanes) is 1. The Morgan fingerprint density at radius 2 is 1.70 bits per heavy atom. The Hall–Kier alpha value is -0.910. The largest absolute Gasteiger partial charge is 0.347 e. The highest BCUT2D eigenvalue weighted by Crippen LogP contribution is 2.61. The van der Waals surface area contributed by atoms with Crippen LogP contribution in [0.2, 0.25) is 0 Å². The van der Waals surface area contributed by atoms with E-state index in [1.165, 1.54) is 0 Å². The molecule has 1 saturated heterocycles. The molecule has 1 aromatic carbocycles. The fraction of sp³-hybridized carbons (Fsp3) is 0.667. The summed E-state index contributed by atoms with van der Waals surface area (Å²) in [5.41, 5.74) is -0.111. The minimum absolute atomic E-state index is 0.111. The van der Waals surface area contributed by atoms with Crippen molar-refractivity contribution in [2.75, 3.05) is 19.0 Å². The van der Waals surface area contributed by atoms with Crippen molar-refractivity contribution in [1.82, 2.24) is 0 Å². The lowest BCUT2D eigenvalue weighted by molar-refractivity contribution is -0.212. The predicted molar refractivity (Wildman–Crippen MR) is 88.9 cm³/mol. The van der Waals surface area contributed by atoms with Crippen molar-refractivity contribution in [3.63, 3.8) is 0 Å². The van der Waals surface area contributed by atoms with Crippen LogP contribution < -0.4 is 0 Å². The molecule has 0 spiro atoms. The molecule has 0 bridgehead atoms. The van der Waals surface area contributed by atoms with Crippen molar-refractivity contribution in [1.29, 1.82) is 0 Å². The summed E-state index contributed by atoms with van der Waals surface area (Å²) < 4.78 is 37.2. The average Bonchev–Trinajstić information content (AvgIpc) is 3.23. The van der Waals surface area contributed by atoms with Crippen molar-refractivity contribution in [3.05, 3.63) is 30.3 Å². The Balaban J connectivity index is 1.71. The number of ether oxygens (including phenoxy) is 2. The Bertz CT molecular complexity index is 614. The van der Waals surface area contributed by atoms with Crippen molar-refractivity contribution in [2.45, 2.75) is 56.1 Å². The first-order chi connectivity index (χ1) is 11.0. The third kappa shape index (κ3) is 3.32. The van der Waals surface area contributed by atoms with Gasteiger partial charge in [0.1, 0.15) is 0 Å². The van der Waals surface area contributed by atoms with Gasteiger partial charge < -0.3 is 9.47 Å². The van der Waals surface area contributed by atoms with Crippen molar-refractivity contribution >= 4 is 9.84 Å². The maximum absolute atomic E-state index is 12.6. The normalized spacial score (nSPS) is 22.1. The van der Waals surface area contributed by atoms with Gasteiger partial charge in [-0.05, 0) is 37.8 Å². The van der Waals surface area contributed by atoms with E-state index in [9.17, 15) is 8.42 Å². The van der Waals surface area contributed by atoms with Crippen molar-refractivity contribution in [2.24, 2.45) is 5.41 Å². The van der Waals surface area contributed by atoms with Crippen LogP contribution in [0.4, 0.5) is 0 Å². The zero-order chi connectivity index (χ0) is 16.4. The van der Waals surface area contributed by atoms with Crippen LogP contribution in [0.25, 0.3) is 0 Å². The quantitative estimate of drug-likeness (QED) is 0.727. The highest BCUT2D eigenvalue weighted by molar-refractivity contribution is 7.91. The molecule has 0 atom stereocenters. The number of hydrogen-bond acceptors (Lipinski definition) is 4. The summed E-state index contributed by atoms with van der Waals surface area (Å²) in [5, 5.41) is 0. The monoisotopic (exact) mass is 338 g/mol. The van der Waals surface area contributed by atoms with E-state index in [1.807, 2.05) is 6.07 Å². The molecule has 1 aliphatic heterocycles. The van der Waals surface area contributed by atoms with Crippen LogP contribution in [-0.4, -0.2) is 33.2 Å². The molecule has 1 aromatic rings. The summed E-state index contributed by atoms with van der Waals surface area (Å²) >= 11 is 0. The lowest BCUT2D eigenvalue weighted by Gasteiger charge is -2.36. The minimum Gasteiger partial charge on any atom is -0.347 e. The standard InChI is InChI=1S/C18H26O4S/c1-2-3-9-18(21-13-14-22-18)17(10-11-17)12-15-23(19,20)16-7-5-4-6-8-16/h4-8H,2-3,9-15H2,1H3. The number of hydrogen-bond donors (Lipinski definition) is 0. The van der Waals surface area contributed by atoms with Gasteiger partial charge in [-0.3, -0.25) is 0 Å². The van der Waals surface area contributed by atoms with E-state index in [2.05, 4.69) is 6.92 Å². The molecule has 1 heterocycles. The van der Waals surface area contributed by atoms with E-state index in [-0.39, 0.29) is 11.2 Å². The molecule has 3 rings (SSSR count). The molecule has 2 fully saturated rings.